The van der Waals surface area contributed by atoms with Gasteiger partial charge in [0.25, 0.3) is 0 Å². The van der Waals surface area contributed by atoms with Crippen LogP contribution in [-0.4, -0.2) is 6.61 Å². The third-order valence-electron chi connectivity index (χ3n) is 8.65. The Balaban J connectivity index is 1.34. The number of allylic oxidation sites excluding steroid dienone is 1. The Morgan fingerprint density at radius 2 is 1.39 bits per heavy atom. The van der Waals surface area contributed by atoms with E-state index in [4.69, 9.17) is 4.74 Å². The predicted molar refractivity (Wildman–Crippen MR) is 165 cm³/mol. The van der Waals surface area contributed by atoms with Crippen molar-refractivity contribution in [3.8, 4) is 28.0 Å². The summed E-state index contributed by atoms with van der Waals surface area (Å²) in [5.74, 6) is -1.04. The molecule has 0 heterocycles. The first kappa shape index (κ1) is 30.9. The van der Waals surface area contributed by atoms with Gasteiger partial charge in [-0.1, -0.05) is 87.9 Å². The number of ether oxygens (including phenoxy) is 1. The molecule has 1 saturated carbocycles. The fourth-order valence-corrected chi connectivity index (χ4v) is 6.09. The van der Waals surface area contributed by atoms with Gasteiger partial charge >= 0.3 is 0 Å². The normalized spacial score (nSPS) is 17.0. The minimum absolute atomic E-state index is 0.0544. The average Bonchev–Trinajstić information content (AvgIpc) is 3.00. The van der Waals surface area contributed by atoms with Crippen LogP contribution in [-0.2, 0) is 0 Å². The molecule has 0 bridgehead atoms. The highest BCUT2D eigenvalue weighted by Crippen LogP contribution is 2.39. The molecule has 0 saturated heterocycles. The number of hydrogen-bond donors (Lipinski definition) is 0. The van der Waals surface area contributed by atoms with Crippen molar-refractivity contribution in [1.82, 2.24) is 0 Å². The first-order valence-corrected chi connectivity index (χ1v) is 15.6. The van der Waals surface area contributed by atoms with E-state index in [9.17, 15) is 8.78 Å². The highest BCUT2D eigenvalue weighted by Gasteiger charge is 2.23. The van der Waals surface area contributed by atoms with Crippen LogP contribution in [0.3, 0.4) is 0 Å². The highest BCUT2D eigenvalue weighted by atomic mass is 19.2. The first-order chi connectivity index (χ1) is 20.0. The van der Waals surface area contributed by atoms with Crippen LogP contribution in [0, 0.1) is 23.4 Å². The lowest BCUT2D eigenvalue weighted by Crippen LogP contribution is -2.13. The molecule has 0 spiro atoms. The molecule has 41 heavy (non-hydrogen) atoms. The van der Waals surface area contributed by atoms with E-state index in [0.717, 1.165) is 50.0 Å². The van der Waals surface area contributed by atoms with Gasteiger partial charge in [-0.2, -0.15) is 4.39 Å². The van der Waals surface area contributed by atoms with E-state index in [1.165, 1.54) is 51.0 Å². The molecule has 1 nitrogen and oxygen atoms in total. The zero-order chi connectivity index (χ0) is 29.0. The van der Waals surface area contributed by atoms with Crippen LogP contribution < -0.4 is 4.74 Å². The molecule has 0 unspecified atom stereocenters. The van der Waals surface area contributed by atoms with Crippen LogP contribution in [0.5, 0.6) is 5.75 Å². The van der Waals surface area contributed by atoms with Gasteiger partial charge < -0.3 is 4.74 Å². The van der Waals surface area contributed by atoms with Gasteiger partial charge in [0.05, 0.1) is 6.61 Å². The first-order valence-electron chi connectivity index (χ1n) is 15.6. The van der Waals surface area contributed by atoms with E-state index in [2.05, 4.69) is 13.5 Å². The van der Waals surface area contributed by atoms with Gasteiger partial charge in [-0.15, -0.1) is 6.58 Å². The Morgan fingerprint density at radius 3 is 2.05 bits per heavy atom. The molecule has 3 aromatic rings. The van der Waals surface area contributed by atoms with Crippen molar-refractivity contribution < 1.29 is 17.9 Å². The molecule has 1 aliphatic carbocycles. The Hall–Kier alpha value is -3.01. The summed E-state index contributed by atoms with van der Waals surface area (Å²) in [6.45, 7) is 6.39. The molecule has 3 aromatic carbocycles. The molecule has 4 rings (SSSR count). The summed E-state index contributed by atoms with van der Waals surface area (Å²) >= 11 is 0. The van der Waals surface area contributed by atoms with Gasteiger partial charge in [-0.3, -0.25) is 0 Å². The summed E-state index contributed by atoms with van der Waals surface area (Å²) in [5, 5.41) is 0. The lowest BCUT2D eigenvalue weighted by atomic mass is 9.77. The lowest BCUT2D eigenvalue weighted by Gasteiger charge is -2.28. The quantitative estimate of drug-likeness (QED) is 0.132. The van der Waals surface area contributed by atoms with Crippen molar-refractivity contribution >= 4 is 0 Å². The van der Waals surface area contributed by atoms with Gasteiger partial charge in [0, 0.05) is 11.1 Å². The van der Waals surface area contributed by atoms with E-state index in [1.54, 1.807) is 36.4 Å². The van der Waals surface area contributed by atoms with Crippen LogP contribution in [0.2, 0.25) is 0 Å². The molecule has 220 valence electrons. The minimum Gasteiger partial charge on any atom is -0.490 e. The largest absolute Gasteiger partial charge is 0.490 e. The van der Waals surface area contributed by atoms with E-state index in [1.807, 2.05) is 18.2 Å². The summed E-state index contributed by atoms with van der Waals surface area (Å²) in [7, 11) is 0. The Labute approximate surface area is 244 Å². The van der Waals surface area contributed by atoms with Gasteiger partial charge in [0.2, 0.25) is 5.82 Å². The minimum atomic E-state index is -0.967. The maximum absolute atomic E-state index is 15.2. The second kappa shape index (κ2) is 15.8. The fraction of sp³-hybridized carbons (Fsp3) is 0.459. The molecular weight excluding hydrogens is 517 g/mol. The third-order valence-corrected chi connectivity index (χ3v) is 8.65. The lowest BCUT2D eigenvalue weighted by molar-refractivity contribution is 0.285. The van der Waals surface area contributed by atoms with E-state index in [-0.39, 0.29) is 17.1 Å². The third kappa shape index (κ3) is 8.50. The molecule has 4 heteroatoms. The molecule has 1 fully saturated rings. The van der Waals surface area contributed by atoms with E-state index >= 15 is 4.39 Å². The summed E-state index contributed by atoms with van der Waals surface area (Å²) < 4.78 is 50.5. The zero-order valence-corrected chi connectivity index (χ0v) is 24.6. The van der Waals surface area contributed by atoms with Crippen molar-refractivity contribution in [3.05, 3.63) is 90.3 Å². The van der Waals surface area contributed by atoms with Crippen LogP contribution >= 0.6 is 0 Å². The zero-order valence-electron chi connectivity index (χ0n) is 24.6. The summed E-state index contributed by atoms with van der Waals surface area (Å²) in [6.07, 6.45) is 16.8. The number of hydrogen-bond acceptors (Lipinski definition) is 1. The number of unbranched alkanes of at least 4 members (excludes halogenated alkanes) is 6. The molecular formula is C37H45F3O. The van der Waals surface area contributed by atoms with Crippen molar-refractivity contribution in [1.29, 1.82) is 0 Å². The molecule has 0 N–H and O–H groups in total. The van der Waals surface area contributed by atoms with Gasteiger partial charge in [-0.05, 0) is 91.7 Å². The van der Waals surface area contributed by atoms with Gasteiger partial charge in [0.15, 0.2) is 11.6 Å². The van der Waals surface area contributed by atoms with Crippen LogP contribution in [0.15, 0.2) is 67.3 Å². The molecule has 0 aromatic heterocycles. The Morgan fingerprint density at radius 1 is 0.756 bits per heavy atom. The topological polar surface area (TPSA) is 9.23 Å². The molecule has 0 radical (unpaired) electrons. The maximum atomic E-state index is 15.2. The van der Waals surface area contributed by atoms with Crippen LogP contribution in [0.1, 0.15) is 102 Å². The standard InChI is InChI=1S/C37H45F3O/c1-3-5-7-8-9-10-11-25-41-35-24-23-33(36(39)37(35)40)30-19-17-29(18-20-30)32-22-21-31(26-34(32)38)28-15-13-27(14-16-28)12-6-4-2/h4,17-24,26-28H,2-3,5-16,25H2,1H3. The summed E-state index contributed by atoms with van der Waals surface area (Å²) in [4.78, 5) is 0. The van der Waals surface area contributed by atoms with Crippen LogP contribution in [0.4, 0.5) is 13.2 Å². The number of halogens is 3. The summed E-state index contributed by atoms with van der Waals surface area (Å²) in [5.41, 5.74) is 2.99. The molecule has 0 atom stereocenters. The highest BCUT2D eigenvalue weighted by molar-refractivity contribution is 5.71. The van der Waals surface area contributed by atoms with Crippen LogP contribution in [0.25, 0.3) is 22.3 Å². The van der Waals surface area contributed by atoms with Gasteiger partial charge in [-0.25, -0.2) is 8.78 Å². The van der Waals surface area contributed by atoms with Gasteiger partial charge in [0.1, 0.15) is 5.82 Å². The predicted octanol–water partition coefficient (Wildman–Crippen LogP) is 11.8. The second-order valence-electron chi connectivity index (χ2n) is 11.6. The SMILES string of the molecule is C=CCCC1CCC(c2ccc(-c3ccc(-c4ccc(OCCCCCCCCC)c(F)c4F)cc3)c(F)c2)CC1. The fourth-order valence-electron chi connectivity index (χ4n) is 6.09. The second-order valence-corrected chi connectivity index (χ2v) is 11.6. The molecule has 0 aliphatic heterocycles. The number of rotatable bonds is 15. The summed E-state index contributed by atoms with van der Waals surface area (Å²) in [6, 6.07) is 15.6. The van der Waals surface area contributed by atoms with Crippen molar-refractivity contribution in [2.75, 3.05) is 6.61 Å². The maximum Gasteiger partial charge on any atom is 0.201 e. The molecule has 1 aliphatic rings. The molecule has 0 amide bonds. The number of benzene rings is 3. The van der Waals surface area contributed by atoms with E-state index < -0.39 is 11.6 Å². The van der Waals surface area contributed by atoms with E-state index in [0.29, 0.717) is 29.2 Å². The van der Waals surface area contributed by atoms with Crippen molar-refractivity contribution in [3.63, 3.8) is 0 Å². The van der Waals surface area contributed by atoms with Crippen molar-refractivity contribution in [2.24, 2.45) is 5.92 Å². The monoisotopic (exact) mass is 562 g/mol. The average molecular weight is 563 g/mol. The van der Waals surface area contributed by atoms with Crippen molar-refractivity contribution in [2.45, 2.75) is 96.3 Å². The Bertz CT molecular complexity index is 1240. The Kier molecular flexibility index (Phi) is 12.0. The smallest absolute Gasteiger partial charge is 0.201 e.